The van der Waals surface area contributed by atoms with E-state index in [-0.39, 0.29) is 11.3 Å². The van der Waals surface area contributed by atoms with Gasteiger partial charge in [0.2, 0.25) is 16.0 Å². The minimum absolute atomic E-state index is 0.0877. The second-order valence-electron chi connectivity index (χ2n) is 6.55. The summed E-state index contributed by atoms with van der Waals surface area (Å²) in [6, 6.07) is 2.00. The van der Waals surface area contributed by atoms with E-state index in [0.717, 1.165) is 31.4 Å². The molecule has 1 saturated heterocycles. The smallest absolute Gasteiger partial charge is 0.223 e. The van der Waals surface area contributed by atoms with Gasteiger partial charge >= 0.3 is 0 Å². The van der Waals surface area contributed by atoms with Crippen molar-refractivity contribution in [2.24, 2.45) is 0 Å². The Hall–Kier alpha value is -1.21. The molecule has 1 aromatic rings. The van der Waals surface area contributed by atoms with E-state index in [2.05, 4.69) is 29.1 Å². The third-order valence-electron chi connectivity index (χ3n) is 4.29. The molecule has 7 heteroatoms. The zero-order valence-corrected chi connectivity index (χ0v) is 14.0. The van der Waals surface area contributed by atoms with E-state index in [0.29, 0.717) is 25.0 Å². The molecule has 0 unspecified atom stereocenters. The molecule has 1 saturated carbocycles. The quantitative estimate of drug-likeness (QED) is 0.896. The van der Waals surface area contributed by atoms with Crippen LogP contribution < -0.4 is 5.32 Å². The SMILES string of the molecule is CC(C)c1ccnc(N[C@@H]2CCCN(S(=O)(=O)C3CC3)C2)n1. The third kappa shape index (κ3) is 3.41. The Balaban J connectivity index is 1.66. The topological polar surface area (TPSA) is 75.2 Å². The summed E-state index contributed by atoms with van der Waals surface area (Å²) in [5, 5.41) is 3.18. The molecule has 2 aliphatic rings. The number of piperidine rings is 1. The first kappa shape index (κ1) is 15.7. The van der Waals surface area contributed by atoms with E-state index in [1.807, 2.05) is 6.07 Å². The van der Waals surface area contributed by atoms with Gasteiger partial charge in [-0.25, -0.2) is 18.4 Å². The van der Waals surface area contributed by atoms with E-state index in [4.69, 9.17) is 0 Å². The van der Waals surface area contributed by atoms with Crippen molar-refractivity contribution in [2.75, 3.05) is 18.4 Å². The lowest BCUT2D eigenvalue weighted by atomic mass is 10.1. The van der Waals surface area contributed by atoms with Gasteiger partial charge in [-0.2, -0.15) is 4.31 Å². The first-order valence-corrected chi connectivity index (χ1v) is 9.55. The van der Waals surface area contributed by atoms with Crippen molar-refractivity contribution < 1.29 is 8.42 Å². The highest BCUT2D eigenvalue weighted by Gasteiger charge is 2.41. The minimum Gasteiger partial charge on any atom is -0.350 e. The van der Waals surface area contributed by atoms with Crippen molar-refractivity contribution in [3.8, 4) is 0 Å². The summed E-state index contributed by atoms with van der Waals surface area (Å²) in [5.74, 6) is 0.948. The molecule has 0 aromatic carbocycles. The number of hydrogen-bond donors (Lipinski definition) is 1. The molecule has 1 aliphatic carbocycles. The summed E-state index contributed by atoms with van der Waals surface area (Å²) in [7, 11) is -3.08. The number of nitrogens with zero attached hydrogens (tertiary/aromatic N) is 3. The first-order valence-electron chi connectivity index (χ1n) is 8.05. The summed E-state index contributed by atoms with van der Waals surface area (Å²) in [4.78, 5) is 8.77. The first-order chi connectivity index (χ1) is 10.5. The molecule has 122 valence electrons. The van der Waals surface area contributed by atoms with Crippen LogP contribution in [0.25, 0.3) is 0 Å². The lowest BCUT2D eigenvalue weighted by Crippen LogP contribution is -2.46. The Kier molecular flexibility index (Phi) is 4.36. The zero-order chi connectivity index (χ0) is 15.7. The zero-order valence-electron chi connectivity index (χ0n) is 13.2. The van der Waals surface area contributed by atoms with E-state index in [1.54, 1.807) is 10.5 Å². The summed E-state index contributed by atoms with van der Waals surface area (Å²) in [6.07, 6.45) is 5.22. The van der Waals surface area contributed by atoms with Crippen LogP contribution in [0.5, 0.6) is 0 Å². The number of hydrogen-bond acceptors (Lipinski definition) is 5. The van der Waals surface area contributed by atoms with Gasteiger partial charge in [0.25, 0.3) is 0 Å². The van der Waals surface area contributed by atoms with Gasteiger partial charge in [-0.15, -0.1) is 0 Å². The van der Waals surface area contributed by atoms with Crippen molar-refractivity contribution in [1.29, 1.82) is 0 Å². The average molecular weight is 324 g/mol. The van der Waals surface area contributed by atoms with Gasteiger partial charge in [-0.1, -0.05) is 13.8 Å². The number of nitrogens with one attached hydrogen (secondary N) is 1. The number of rotatable bonds is 5. The predicted molar refractivity (Wildman–Crippen MR) is 86.3 cm³/mol. The lowest BCUT2D eigenvalue weighted by Gasteiger charge is -2.32. The number of sulfonamides is 1. The molecule has 2 heterocycles. The maximum atomic E-state index is 12.4. The fourth-order valence-electron chi connectivity index (χ4n) is 2.81. The molecule has 0 spiro atoms. The molecule has 0 radical (unpaired) electrons. The second-order valence-corrected chi connectivity index (χ2v) is 8.76. The molecule has 1 aromatic heterocycles. The minimum atomic E-state index is -3.08. The van der Waals surface area contributed by atoms with Crippen LogP contribution in [0.2, 0.25) is 0 Å². The number of anilines is 1. The fraction of sp³-hybridized carbons (Fsp3) is 0.733. The Morgan fingerprint density at radius 3 is 2.77 bits per heavy atom. The largest absolute Gasteiger partial charge is 0.350 e. The Labute approximate surface area is 132 Å². The lowest BCUT2D eigenvalue weighted by molar-refractivity contribution is 0.326. The fourth-order valence-corrected chi connectivity index (χ4v) is 4.74. The van der Waals surface area contributed by atoms with Crippen molar-refractivity contribution in [1.82, 2.24) is 14.3 Å². The highest BCUT2D eigenvalue weighted by molar-refractivity contribution is 7.90. The molecular weight excluding hydrogens is 300 g/mol. The molecule has 1 N–H and O–H groups in total. The van der Waals surface area contributed by atoms with Crippen LogP contribution in [0.1, 0.15) is 51.1 Å². The molecule has 1 aliphatic heterocycles. The maximum absolute atomic E-state index is 12.4. The van der Waals surface area contributed by atoms with Gasteiger partial charge in [0.05, 0.1) is 5.25 Å². The van der Waals surface area contributed by atoms with Gasteiger partial charge in [0.15, 0.2) is 0 Å². The van der Waals surface area contributed by atoms with Crippen LogP contribution in [-0.2, 0) is 10.0 Å². The summed E-state index contributed by atoms with van der Waals surface area (Å²) >= 11 is 0. The Morgan fingerprint density at radius 1 is 1.32 bits per heavy atom. The van der Waals surface area contributed by atoms with E-state index in [1.165, 1.54) is 0 Å². The Morgan fingerprint density at radius 2 is 2.09 bits per heavy atom. The molecule has 22 heavy (non-hydrogen) atoms. The maximum Gasteiger partial charge on any atom is 0.223 e. The van der Waals surface area contributed by atoms with Gasteiger partial charge in [0.1, 0.15) is 0 Å². The second kappa shape index (κ2) is 6.12. The Bertz CT molecular complexity index is 628. The highest BCUT2D eigenvalue weighted by Crippen LogP contribution is 2.32. The van der Waals surface area contributed by atoms with Crippen LogP contribution in [-0.4, -0.2) is 47.1 Å². The van der Waals surface area contributed by atoms with Crippen LogP contribution in [0.3, 0.4) is 0 Å². The average Bonchev–Trinajstić information content (AvgIpc) is 3.33. The van der Waals surface area contributed by atoms with Crippen molar-refractivity contribution >= 4 is 16.0 Å². The highest BCUT2D eigenvalue weighted by atomic mass is 32.2. The van der Waals surface area contributed by atoms with Crippen LogP contribution >= 0.6 is 0 Å². The monoisotopic (exact) mass is 324 g/mol. The van der Waals surface area contributed by atoms with Gasteiger partial charge < -0.3 is 5.32 Å². The number of aromatic nitrogens is 2. The van der Waals surface area contributed by atoms with Gasteiger partial charge in [0, 0.05) is 31.0 Å². The molecule has 6 nitrogen and oxygen atoms in total. The van der Waals surface area contributed by atoms with E-state index >= 15 is 0 Å². The van der Waals surface area contributed by atoms with E-state index in [9.17, 15) is 8.42 Å². The van der Waals surface area contributed by atoms with Crippen molar-refractivity contribution in [3.05, 3.63) is 18.0 Å². The molecular formula is C15H24N4O2S. The van der Waals surface area contributed by atoms with Crippen molar-refractivity contribution in [3.63, 3.8) is 0 Å². The van der Waals surface area contributed by atoms with Gasteiger partial charge in [-0.3, -0.25) is 0 Å². The van der Waals surface area contributed by atoms with Crippen LogP contribution in [0, 0.1) is 0 Å². The van der Waals surface area contributed by atoms with E-state index < -0.39 is 10.0 Å². The molecule has 0 bridgehead atoms. The summed E-state index contributed by atoms with van der Waals surface area (Å²) in [5.41, 5.74) is 0.996. The molecule has 1 atom stereocenters. The molecule has 3 rings (SSSR count). The standard InChI is InChI=1S/C15H24N4O2S/c1-11(2)14-7-8-16-15(18-14)17-12-4-3-9-19(10-12)22(20,21)13-5-6-13/h7-8,11-13H,3-6,9-10H2,1-2H3,(H,16,17,18)/t12-/m1/s1. The third-order valence-corrected chi connectivity index (χ3v) is 6.66. The van der Waals surface area contributed by atoms with Crippen molar-refractivity contribution in [2.45, 2.75) is 56.7 Å². The predicted octanol–water partition coefficient (Wildman–Crippen LogP) is 1.97. The summed E-state index contributed by atoms with van der Waals surface area (Å²) < 4.78 is 26.4. The van der Waals surface area contributed by atoms with Crippen LogP contribution in [0.4, 0.5) is 5.95 Å². The summed E-state index contributed by atoms with van der Waals surface area (Å²) in [6.45, 7) is 5.35. The molecule has 2 fully saturated rings. The molecule has 0 amide bonds. The van der Waals surface area contributed by atoms with Crippen LogP contribution in [0.15, 0.2) is 12.3 Å². The normalized spacial score (nSPS) is 23.7. The van der Waals surface area contributed by atoms with Gasteiger partial charge in [-0.05, 0) is 37.7 Å².